The number of hydrogen-bond donors (Lipinski definition) is 1. The van der Waals surface area contributed by atoms with Crippen LogP contribution in [0.4, 0.5) is 0 Å². The van der Waals surface area contributed by atoms with Crippen molar-refractivity contribution in [3.8, 4) is 0 Å². The molecule has 1 amide bonds. The highest BCUT2D eigenvalue weighted by Crippen LogP contribution is 2.27. The lowest BCUT2D eigenvalue weighted by molar-refractivity contribution is -0.115. The van der Waals surface area contributed by atoms with Crippen molar-refractivity contribution >= 4 is 23.7 Å². The molecule has 1 aromatic rings. The average Bonchev–Trinajstić information content (AvgIpc) is 2.17. The lowest BCUT2D eigenvalue weighted by Crippen LogP contribution is -2.21. The normalized spacial score (nSPS) is 18.6. The smallest absolute Gasteiger partial charge is 0.249 e. The number of hydrogen-bond acceptors (Lipinski definition) is 2. The maximum absolute atomic E-state index is 11.2. The van der Waals surface area contributed by atoms with E-state index in [1.54, 1.807) is 17.8 Å². The second kappa shape index (κ2) is 4.36. The van der Waals surface area contributed by atoms with Crippen LogP contribution in [-0.2, 0) is 4.79 Å². The highest BCUT2D eigenvalue weighted by atomic mass is 32.2. The van der Waals surface area contributed by atoms with Crippen LogP contribution in [0.3, 0.4) is 0 Å². The van der Waals surface area contributed by atoms with E-state index in [9.17, 15) is 4.79 Å². The highest BCUT2D eigenvalue weighted by Gasteiger charge is 2.10. The van der Waals surface area contributed by atoms with Gasteiger partial charge in [-0.3, -0.25) is 4.79 Å². The third-order valence-corrected chi connectivity index (χ3v) is 2.83. The molecular formula is C12H11NOS. The summed E-state index contributed by atoms with van der Waals surface area (Å²) in [6.07, 6.45) is 3.58. The standard InChI is InChI=1S/C12H11NOS/c1-9-7-11(14)13-12(15-9)8-10-5-3-2-4-6-10/h2-8H,1H3,(H,13,14). The zero-order valence-electron chi connectivity index (χ0n) is 8.36. The van der Waals surface area contributed by atoms with Gasteiger partial charge in [-0.15, -0.1) is 0 Å². The molecule has 0 saturated carbocycles. The van der Waals surface area contributed by atoms with Crippen LogP contribution in [0.15, 0.2) is 46.3 Å². The number of carbonyl (C=O) groups is 1. The molecule has 0 radical (unpaired) electrons. The van der Waals surface area contributed by atoms with Crippen LogP contribution in [0.5, 0.6) is 0 Å². The Kier molecular flexibility index (Phi) is 2.92. The molecule has 2 rings (SSSR count). The molecule has 3 heteroatoms. The summed E-state index contributed by atoms with van der Waals surface area (Å²) in [5.74, 6) is -0.0477. The summed E-state index contributed by atoms with van der Waals surface area (Å²) in [5.41, 5.74) is 1.09. The molecule has 0 fully saturated rings. The van der Waals surface area contributed by atoms with Crippen LogP contribution in [0.2, 0.25) is 0 Å². The molecule has 1 N–H and O–H groups in total. The number of allylic oxidation sites excluding steroid dienone is 1. The third-order valence-electron chi connectivity index (χ3n) is 1.95. The molecule has 0 unspecified atom stereocenters. The van der Waals surface area contributed by atoms with Crippen molar-refractivity contribution in [2.24, 2.45) is 0 Å². The first kappa shape index (κ1) is 10.1. The lowest BCUT2D eigenvalue weighted by Gasteiger charge is -2.13. The van der Waals surface area contributed by atoms with Crippen LogP contribution in [0.25, 0.3) is 6.08 Å². The average molecular weight is 217 g/mol. The quantitative estimate of drug-likeness (QED) is 0.783. The molecule has 0 saturated heterocycles. The van der Waals surface area contributed by atoms with Crippen LogP contribution in [0, 0.1) is 0 Å². The fraction of sp³-hybridized carbons (Fsp3) is 0.0833. The van der Waals surface area contributed by atoms with E-state index in [1.807, 2.05) is 43.3 Å². The molecule has 2 nitrogen and oxygen atoms in total. The van der Waals surface area contributed by atoms with Crippen molar-refractivity contribution in [3.05, 3.63) is 51.9 Å². The van der Waals surface area contributed by atoms with Crippen molar-refractivity contribution in [3.63, 3.8) is 0 Å². The predicted molar refractivity (Wildman–Crippen MR) is 63.9 cm³/mol. The molecule has 1 heterocycles. The number of thioether (sulfide) groups is 1. The molecule has 1 aliphatic rings. The van der Waals surface area contributed by atoms with Gasteiger partial charge in [-0.05, 0) is 23.5 Å². The van der Waals surface area contributed by atoms with Crippen LogP contribution < -0.4 is 5.32 Å². The second-order valence-corrected chi connectivity index (χ2v) is 4.55. The molecular weight excluding hydrogens is 206 g/mol. The minimum Gasteiger partial charge on any atom is -0.317 e. The minimum atomic E-state index is -0.0477. The number of rotatable bonds is 1. The summed E-state index contributed by atoms with van der Waals surface area (Å²) < 4.78 is 0. The van der Waals surface area contributed by atoms with Crippen molar-refractivity contribution in [1.82, 2.24) is 5.32 Å². The van der Waals surface area contributed by atoms with Gasteiger partial charge in [0.15, 0.2) is 0 Å². The first-order valence-corrected chi connectivity index (χ1v) is 5.49. The SMILES string of the molecule is CC1=CC(=O)NC(=Cc2ccccc2)S1. The number of benzene rings is 1. The molecule has 0 aliphatic carbocycles. The van der Waals surface area contributed by atoms with Crippen LogP contribution >= 0.6 is 11.8 Å². The van der Waals surface area contributed by atoms with Gasteiger partial charge in [0.2, 0.25) is 5.91 Å². The van der Waals surface area contributed by atoms with Crippen molar-refractivity contribution in [2.45, 2.75) is 6.92 Å². The molecule has 76 valence electrons. The molecule has 15 heavy (non-hydrogen) atoms. The Labute approximate surface area is 93.1 Å². The Hall–Kier alpha value is -1.48. The maximum atomic E-state index is 11.2. The van der Waals surface area contributed by atoms with E-state index in [-0.39, 0.29) is 5.91 Å². The fourth-order valence-corrected chi connectivity index (χ4v) is 2.20. The molecule has 1 aliphatic heterocycles. The van der Waals surface area contributed by atoms with Gasteiger partial charge in [-0.2, -0.15) is 0 Å². The van der Waals surface area contributed by atoms with Gasteiger partial charge in [0.1, 0.15) is 0 Å². The zero-order valence-corrected chi connectivity index (χ0v) is 9.17. The Morgan fingerprint density at radius 1 is 1.27 bits per heavy atom. The van der Waals surface area contributed by atoms with Crippen LogP contribution in [-0.4, -0.2) is 5.91 Å². The van der Waals surface area contributed by atoms with Crippen LogP contribution in [0.1, 0.15) is 12.5 Å². The molecule has 0 atom stereocenters. The van der Waals surface area contributed by atoms with Gasteiger partial charge in [0.25, 0.3) is 0 Å². The lowest BCUT2D eigenvalue weighted by atomic mass is 10.2. The topological polar surface area (TPSA) is 29.1 Å². The highest BCUT2D eigenvalue weighted by molar-refractivity contribution is 8.06. The summed E-state index contributed by atoms with van der Waals surface area (Å²) in [5, 5.41) is 3.68. The maximum Gasteiger partial charge on any atom is 0.249 e. The van der Waals surface area contributed by atoms with E-state index in [1.165, 1.54) is 0 Å². The molecule has 0 spiro atoms. The molecule has 0 aromatic heterocycles. The Bertz CT molecular complexity index is 434. The molecule has 1 aromatic carbocycles. The predicted octanol–water partition coefficient (Wildman–Crippen LogP) is 2.75. The largest absolute Gasteiger partial charge is 0.317 e. The van der Waals surface area contributed by atoms with Crippen molar-refractivity contribution in [1.29, 1.82) is 0 Å². The van der Waals surface area contributed by atoms with E-state index in [4.69, 9.17) is 0 Å². The Morgan fingerprint density at radius 3 is 2.67 bits per heavy atom. The van der Waals surface area contributed by atoms with Gasteiger partial charge < -0.3 is 5.32 Å². The van der Waals surface area contributed by atoms with Gasteiger partial charge in [-0.1, -0.05) is 42.1 Å². The van der Waals surface area contributed by atoms with Crippen molar-refractivity contribution < 1.29 is 4.79 Å². The van der Waals surface area contributed by atoms with E-state index in [2.05, 4.69) is 5.32 Å². The summed E-state index contributed by atoms with van der Waals surface area (Å²) in [6, 6.07) is 9.94. The Balaban J connectivity index is 2.23. The van der Waals surface area contributed by atoms with Gasteiger partial charge in [-0.25, -0.2) is 0 Å². The first-order chi connectivity index (χ1) is 7.24. The van der Waals surface area contributed by atoms with E-state index < -0.39 is 0 Å². The third kappa shape index (κ3) is 2.73. The first-order valence-electron chi connectivity index (χ1n) is 4.68. The fourth-order valence-electron chi connectivity index (χ4n) is 1.34. The van der Waals surface area contributed by atoms with Gasteiger partial charge >= 0.3 is 0 Å². The minimum absolute atomic E-state index is 0.0477. The number of carbonyl (C=O) groups excluding carboxylic acids is 1. The Morgan fingerprint density at radius 2 is 2.00 bits per heavy atom. The monoisotopic (exact) mass is 217 g/mol. The summed E-state index contributed by atoms with van der Waals surface area (Å²) in [6.45, 7) is 1.93. The summed E-state index contributed by atoms with van der Waals surface area (Å²) in [4.78, 5) is 12.2. The summed E-state index contributed by atoms with van der Waals surface area (Å²) >= 11 is 1.58. The number of amides is 1. The second-order valence-electron chi connectivity index (χ2n) is 3.27. The van der Waals surface area contributed by atoms with E-state index in [0.29, 0.717) is 0 Å². The zero-order chi connectivity index (χ0) is 10.7. The van der Waals surface area contributed by atoms with E-state index >= 15 is 0 Å². The van der Waals surface area contributed by atoms with Crippen molar-refractivity contribution in [2.75, 3.05) is 0 Å². The number of nitrogens with one attached hydrogen (secondary N) is 1. The van der Waals surface area contributed by atoms with E-state index in [0.717, 1.165) is 15.5 Å². The van der Waals surface area contributed by atoms with Gasteiger partial charge in [0, 0.05) is 6.08 Å². The molecule has 0 bridgehead atoms. The van der Waals surface area contributed by atoms with Gasteiger partial charge in [0.05, 0.1) is 5.03 Å². The summed E-state index contributed by atoms with van der Waals surface area (Å²) in [7, 11) is 0.